The van der Waals surface area contributed by atoms with E-state index >= 15 is 0 Å². The molecule has 1 heterocycles. The number of hydrogen-bond donors (Lipinski definition) is 2. The minimum absolute atomic E-state index is 0.139. The number of nitrogens with one attached hydrogen (secondary N) is 2. The second-order valence-electron chi connectivity index (χ2n) is 4.55. The maximum atomic E-state index is 13.6. The number of anilines is 1. The average Bonchev–Trinajstić information content (AvgIpc) is 2.91. The van der Waals surface area contributed by atoms with Crippen LogP contribution >= 0.6 is 0 Å². The highest BCUT2D eigenvalue weighted by atomic mass is 19.1. The van der Waals surface area contributed by atoms with Crippen molar-refractivity contribution in [3.05, 3.63) is 60.0 Å². The van der Waals surface area contributed by atoms with E-state index in [1.165, 1.54) is 19.2 Å². The summed E-state index contributed by atoms with van der Waals surface area (Å²) < 4.78 is 18.5. The molecule has 1 aromatic heterocycles. The highest BCUT2D eigenvalue weighted by Crippen LogP contribution is 2.23. The molecule has 0 saturated heterocycles. The molecule has 3 rings (SSSR count). The van der Waals surface area contributed by atoms with Gasteiger partial charge in [-0.05, 0) is 18.2 Å². The van der Waals surface area contributed by atoms with Gasteiger partial charge in [-0.2, -0.15) is 0 Å². The Morgan fingerprint density at radius 1 is 1.24 bits per heavy atom. The van der Waals surface area contributed by atoms with E-state index in [4.69, 9.17) is 4.74 Å². The number of rotatable bonds is 3. The van der Waals surface area contributed by atoms with Crippen molar-refractivity contribution in [3.63, 3.8) is 0 Å². The Hall–Kier alpha value is -2.82. The monoisotopic (exact) mass is 284 g/mol. The molecule has 0 spiro atoms. The Bertz CT molecular complexity index is 811. The quantitative estimate of drug-likeness (QED) is 0.772. The number of aromatic nitrogens is 1. The number of para-hydroxylation sites is 1. The van der Waals surface area contributed by atoms with E-state index in [1.807, 2.05) is 24.3 Å². The van der Waals surface area contributed by atoms with E-state index in [9.17, 15) is 9.18 Å². The Kier molecular flexibility index (Phi) is 3.31. The molecule has 4 nitrogen and oxygen atoms in total. The molecule has 106 valence electrons. The zero-order valence-corrected chi connectivity index (χ0v) is 11.3. The van der Waals surface area contributed by atoms with Crippen LogP contribution < -0.4 is 10.1 Å². The number of amides is 1. The van der Waals surface area contributed by atoms with Crippen molar-refractivity contribution in [2.75, 3.05) is 12.4 Å². The fraction of sp³-hybridized carbons (Fsp3) is 0.0625. The number of fused-ring (bicyclic) bond motifs is 1. The lowest BCUT2D eigenvalue weighted by Crippen LogP contribution is -2.11. The summed E-state index contributed by atoms with van der Waals surface area (Å²) in [6, 6.07) is 11.8. The lowest BCUT2D eigenvalue weighted by molar-refractivity contribution is 0.102. The van der Waals surface area contributed by atoms with Crippen LogP contribution in [-0.4, -0.2) is 18.0 Å². The van der Waals surface area contributed by atoms with Gasteiger partial charge in [0.1, 0.15) is 0 Å². The molecule has 21 heavy (non-hydrogen) atoms. The van der Waals surface area contributed by atoms with Crippen molar-refractivity contribution in [1.29, 1.82) is 0 Å². The molecule has 0 bridgehead atoms. The molecule has 0 radical (unpaired) electrons. The van der Waals surface area contributed by atoms with E-state index in [0.29, 0.717) is 11.3 Å². The molecule has 0 unspecified atom stereocenters. The largest absolute Gasteiger partial charge is 0.494 e. The Balaban J connectivity index is 1.88. The summed E-state index contributed by atoms with van der Waals surface area (Å²) in [5.74, 6) is -0.675. The molecule has 2 N–H and O–H groups in total. The summed E-state index contributed by atoms with van der Waals surface area (Å²) in [6.07, 6.45) is 1.64. The van der Waals surface area contributed by atoms with E-state index in [-0.39, 0.29) is 11.7 Å². The molecule has 0 fully saturated rings. The van der Waals surface area contributed by atoms with Crippen LogP contribution in [0.5, 0.6) is 5.75 Å². The van der Waals surface area contributed by atoms with Gasteiger partial charge < -0.3 is 15.0 Å². The van der Waals surface area contributed by atoms with Crippen LogP contribution in [0, 0.1) is 5.82 Å². The normalized spacial score (nSPS) is 10.6. The zero-order valence-electron chi connectivity index (χ0n) is 11.3. The van der Waals surface area contributed by atoms with E-state index < -0.39 is 5.82 Å². The predicted molar refractivity (Wildman–Crippen MR) is 79.2 cm³/mol. The van der Waals surface area contributed by atoms with Crippen LogP contribution in [0.15, 0.2) is 48.7 Å². The first kappa shape index (κ1) is 13.2. The third kappa shape index (κ3) is 2.45. The van der Waals surface area contributed by atoms with Gasteiger partial charge in [-0.15, -0.1) is 0 Å². The third-order valence-electron chi connectivity index (χ3n) is 3.24. The maximum Gasteiger partial charge on any atom is 0.257 e. The van der Waals surface area contributed by atoms with Gasteiger partial charge in [-0.1, -0.05) is 18.2 Å². The first-order valence-electron chi connectivity index (χ1n) is 6.40. The molecule has 0 saturated carbocycles. The van der Waals surface area contributed by atoms with Crippen molar-refractivity contribution in [1.82, 2.24) is 4.98 Å². The number of carbonyl (C=O) groups excluding carboxylic acids is 1. The Labute approximate surface area is 120 Å². The summed E-state index contributed by atoms with van der Waals surface area (Å²) in [6.45, 7) is 0. The van der Waals surface area contributed by atoms with Crippen LogP contribution in [0.25, 0.3) is 10.9 Å². The molecule has 5 heteroatoms. The van der Waals surface area contributed by atoms with Gasteiger partial charge in [-0.25, -0.2) is 4.39 Å². The predicted octanol–water partition coefficient (Wildman–Crippen LogP) is 3.57. The number of hydrogen-bond acceptors (Lipinski definition) is 2. The lowest BCUT2D eigenvalue weighted by atomic mass is 10.1. The number of aromatic amines is 1. The topological polar surface area (TPSA) is 54.1 Å². The minimum Gasteiger partial charge on any atom is -0.494 e. The molecular formula is C16H13FN2O2. The van der Waals surface area contributed by atoms with E-state index in [0.717, 1.165) is 10.9 Å². The summed E-state index contributed by atoms with van der Waals surface area (Å²) >= 11 is 0. The number of methoxy groups -OCH3 is 1. The van der Waals surface area contributed by atoms with Crippen LogP contribution in [-0.2, 0) is 0 Å². The van der Waals surface area contributed by atoms with Gasteiger partial charge in [0.05, 0.1) is 12.7 Å². The van der Waals surface area contributed by atoms with E-state index in [2.05, 4.69) is 10.3 Å². The SMILES string of the molecule is COc1ccc(NC(=O)c2c[nH]c3ccccc23)cc1F. The molecule has 2 aromatic carbocycles. The number of H-pyrrole nitrogens is 1. The minimum atomic E-state index is -0.519. The first-order valence-corrected chi connectivity index (χ1v) is 6.40. The molecule has 1 amide bonds. The van der Waals surface area contributed by atoms with Gasteiger partial charge in [-0.3, -0.25) is 4.79 Å². The standard InChI is InChI=1S/C16H13FN2O2/c1-21-15-7-6-10(8-13(15)17)19-16(20)12-9-18-14-5-3-2-4-11(12)14/h2-9,18H,1H3,(H,19,20). The molecule has 0 aliphatic heterocycles. The van der Waals surface area contributed by atoms with Crippen molar-refractivity contribution in [2.45, 2.75) is 0 Å². The molecule has 0 aliphatic carbocycles. The van der Waals surface area contributed by atoms with Crippen molar-refractivity contribution in [2.24, 2.45) is 0 Å². The Morgan fingerprint density at radius 2 is 2.05 bits per heavy atom. The summed E-state index contributed by atoms with van der Waals surface area (Å²) in [7, 11) is 1.39. The van der Waals surface area contributed by atoms with E-state index in [1.54, 1.807) is 12.3 Å². The van der Waals surface area contributed by atoms with Gasteiger partial charge >= 0.3 is 0 Å². The second kappa shape index (κ2) is 5.28. The third-order valence-corrected chi connectivity index (χ3v) is 3.24. The number of halogens is 1. The Morgan fingerprint density at radius 3 is 2.81 bits per heavy atom. The smallest absolute Gasteiger partial charge is 0.257 e. The average molecular weight is 284 g/mol. The fourth-order valence-electron chi connectivity index (χ4n) is 2.20. The van der Waals surface area contributed by atoms with Gasteiger partial charge in [0.2, 0.25) is 0 Å². The summed E-state index contributed by atoms with van der Waals surface area (Å²) in [5.41, 5.74) is 1.77. The zero-order chi connectivity index (χ0) is 14.8. The van der Waals surface area contributed by atoms with Crippen LogP contribution in [0.3, 0.4) is 0 Å². The van der Waals surface area contributed by atoms with Gasteiger partial charge in [0.15, 0.2) is 11.6 Å². The van der Waals surface area contributed by atoms with Crippen molar-refractivity contribution in [3.8, 4) is 5.75 Å². The molecular weight excluding hydrogens is 271 g/mol. The van der Waals surface area contributed by atoms with Crippen LogP contribution in [0.2, 0.25) is 0 Å². The summed E-state index contributed by atoms with van der Waals surface area (Å²) in [5, 5.41) is 3.50. The second-order valence-corrected chi connectivity index (χ2v) is 4.55. The molecule has 0 atom stereocenters. The van der Waals surface area contributed by atoms with Gasteiger partial charge in [0, 0.05) is 28.9 Å². The molecule has 0 aliphatic rings. The fourth-order valence-corrected chi connectivity index (χ4v) is 2.20. The lowest BCUT2D eigenvalue weighted by Gasteiger charge is -2.07. The highest BCUT2D eigenvalue weighted by molar-refractivity contribution is 6.12. The van der Waals surface area contributed by atoms with Crippen molar-refractivity contribution < 1.29 is 13.9 Å². The van der Waals surface area contributed by atoms with Crippen LogP contribution in [0.1, 0.15) is 10.4 Å². The number of benzene rings is 2. The highest BCUT2D eigenvalue weighted by Gasteiger charge is 2.12. The number of carbonyl (C=O) groups is 1. The number of ether oxygens (including phenoxy) is 1. The summed E-state index contributed by atoms with van der Waals surface area (Å²) in [4.78, 5) is 15.3. The van der Waals surface area contributed by atoms with Gasteiger partial charge in [0.25, 0.3) is 5.91 Å². The van der Waals surface area contributed by atoms with Crippen LogP contribution in [0.4, 0.5) is 10.1 Å². The van der Waals surface area contributed by atoms with Crippen molar-refractivity contribution >= 4 is 22.5 Å². The first-order chi connectivity index (χ1) is 10.2. The molecule has 3 aromatic rings. The maximum absolute atomic E-state index is 13.6.